The van der Waals surface area contributed by atoms with E-state index < -0.39 is 0 Å². The number of carbonyl (C=O) groups is 1. The SMILES string of the molecule is COCCC(=O)N[C@H](C)CCC=C(C)C. The lowest BCUT2D eigenvalue weighted by atomic mass is 10.1. The molecule has 88 valence electrons. The highest BCUT2D eigenvalue weighted by Gasteiger charge is 2.05. The maximum Gasteiger partial charge on any atom is 0.222 e. The van der Waals surface area contributed by atoms with Gasteiger partial charge in [-0.25, -0.2) is 0 Å². The fraction of sp³-hybridized carbons (Fsp3) is 0.750. The van der Waals surface area contributed by atoms with E-state index in [9.17, 15) is 4.79 Å². The number of methoxy groups -OCH3 is 1. The molecule has 15 heavy (non-hydrogen) atoms. The van der Waals surface area contributed by atoms with Crippen LogP contribution in [-0.2, 0) is 9.53 Å². The number of amides is 1. The van der Waals surface area contributed by atoms with Crippen molar-refractivity contribution in [3.8, 4) is 0 Å². The Balaban J connectivity index is 3.59. The molecule has 3 heteroatoms. The van der Waals surface area contributed by atoms with Crippen LogP contribution in [0.5, 0.6) is 0 Å². The highest BCUT2D eigenvalue weighted by atomic mass is 16.5. The van der Waals surface area contributed by atoms with E-state index in [1.54, 1.807) is 7.11 Å². The third-order valence-electron chi connectivity index (χ3n) is 2.09. The van der Waals surface area contributed by atoms with Crippen molar-refractivity contribution < 1.29 is 9.53 Å². The first-order chi connectivity index (χ1) is 7.06. The quantitative estimate of drug-likeness (QED) is 0.659. The normalized spacial score (nSPS) is 12.0. The molecule has 0 aliphatic rings. The molecule has 0 aliphatic carbocycles. The van der Waals surface area contributed by atoms with Crippen LogP contribution < -0.4 is 5.32 Å². The van der Waals surface area contributed by atoms with Gasteiger partial charge in [-0.2, -0.15) is 0 Å². The first-order valence-electron chi connectivity index (χ1n) is 5.48. The zero-order valence-corrected chi connectivity index (χ0v) is 10.3. The Morgan fingerprint density at radius 2 is 2.13 bits per heavy atom. The molecule has 0 radical (unpaired) electrons. The van der Waals surface area contributed by atoms with Crippen molar-refractivity contribution in [1.29, 1.82) is 0 Å². The Bertz CT molecular complexity index is 208. The minimum absolute atomic E-state index is 0.0709. The highest BCUT2D eigenvalue weighted by molar-refractivity contribution is 5.76. The molecule has 0 aromatic heterocycles. The lowest BCUT2D eigenvalue weighted by Gasteiger charge is -2.12. The first kappa shape index (κ1) is 14.2. The van der Waals surface area contributed by atoms with Gasteiger partial charge in [0.1, 0.15) is 0 Å². The van der Waals surface area contributed by atoms with Gasteiger partial charge in [0.2, 0.25) is 5.91 Å². The molecule has 0 fully saturated rings. The fourth-order valence-corrected chi connectivity index (χ4v) is 1.24. The second-order valence-corrected chi connectivity index (χ2v) is 4.07. The van der Waals surface area contributed by atoms with Gasteiger partial charge in [0.05, 0.1) is 6.61 Å². The summed E-state index contributed by atoms with van der Waals surface area (Å²) >= 11 is 0. The predicted molar refractivity (Wildman–Crippen MR) is 62.8 cm³/mol. The number of hydrogen-bond acceptors (Lipinski definition) is 2. The maximum atomic E-state index is 11.3. The molecule has 0 saturated heterocycles. The molecule has 1 atom stereocenters. The molecule has 1 N–H and O–H groups in total. The summed E-state index contributed by atoms with van der Waals surface area (Å²) in [6, 6.07) is 0.241. The number of ether oxygens (including phenoxy) is 1. The molecule has 1 amide bonds. The summed E-state index contributed by atoms with van der Waals surface area (Å²) in [5.74, 6) is 0.0709. The third-order valence-corrected chi connectivity index (χ3v) is 2.09. The summed E-state index contributed by atoms with van der Waals surface area (Å²) in [6.45, 7) is 6.69. The molecule has 0 heterocycles. The second-order valence-electron chi connectivity index (χ2n) is 4.07. The summed E-state index contributed by atoms with van der Waals surface area (Å²) in [5.41, 5.74) is 1.33. The van der Waals surface area contributed by atoms with Crippen LogP contribution in [0.4, 0.5) is 0 Å². The lowest BCUT2D eigenvalue weighted by molar-refractivity contribution is -0.122. The average Bonchev–Trinajstić information content (AvgIpc) is 2.14. The molecule has 0 saturated carbocycles. The van der Waals surface area contributed by atoms with E-state index in [1.165, 1.54) is 5.57 Å². The molecule has 3 nitrogen and oxygen atoms in total. The van der Waals surface area contributed by atoms with Gasteiger partial charge in [-0.3, -0.25) is 4.79 Å². The van der Waals surface area contributed by atoms with Gasteiger partial charge in [0.25, 0.3) is 0 Å². The summed E-state index contributed by atoms with van der Waals surface area (Å²) < 4.78 is 4.84. The molecular formula is C12H23NO2. The van der Waals surface area contributed by atoms with Crippen LogP contribution in [0.25, 0.3) is 0 Å². The maximum absolute atomic E-state index is 11.3. The monoisotopic (exact) mass is 213 g/mol. The van der Waals surface area contributed by atoms with Crippen LogP contribution in [0, 0.1) is 0 Å². The van der Waals surface area contributed by atoms with Crippen molar-refractivity contribution in [2.24, 2.45) is 0 Å². The summed E-state index contributed by atoms with van der Waals surface area (Å²) in [7, 11) is 1.60. The van der Waals surface area contributed by atoms with Crippen molar-refractivity contribution in [1.82, 2.24) is 5.32 Å². The minimum atomic E-state index is 0.0709. The van der Waals surface area contributed by atoms with Gasteiger partial charge < -0.3 is 10.1 Å². The van der Waals surface area contributed by atoms with Crippen molar-refractivity contribution >= 4 is 5.91 Å². The molecule has 0 aromatic carbocycles. The predicted octanol–water partition coefficient (Wildman–Crippen LogP) is 2.27. The Hall–Kier alpha value is -0.830. The summed E-state index contributed by atoms with van der Waals surface area (Å²) in [6.07, 6.45) is 4.65. The van der Waals surface area contributed by atoms with Gasteiger partial charge >= 0.3 is 0 Å². The number of hydrogen-bond donors (Lipinski definition) is 1. The van der Waals surface area contributed by atoms with Crippen LogP contribution in [0.3, 0.4) is 0 Å². The second kappa shape index (κ2) is 8.48. The first-order valence-corrected chi connectivity index (χ1v) is 5.48. The molecule has 0 aliphatic heterocycles. The smallest absolute Gasteiger partial charge is 0.222 e. The number of allylic oxidation sites excluding steroid dienone is 2. The summed E-state index contributed by atoms with van der Waals surface area (Å²) in [5, 5.41) is 2.94. The van der Waals surface area contributed by atoms with Crippen LogP contribution in [0.1, 0.15) is 40.0 Å². The minimum Gasteiger partial charge on any atom is -0.384 e. The van der Waals surface area contributed by atoms with Gasteiger partial charge in [-0.05, 0) is 33.6 Å². The molecule has 0 aromatic rings. The molecular weight excluding hydrogens is 190 g/mol. The number of nitrogens with one attached hydrogen (secondary N) is 1. The molecule has 0 bridgehead atoms. The van der Waals surface area contributed by atoms with Crippen LogP contribution in [0.15, 0.2) is 11.6 Å². The standard InChI is InChI=1S/C12H23NO2/c1-10(2)6-5-7-11(3)13-12(14)8-9-15-4/h6,11H,5,7-9H2,1-4H3,(H,13,14)/t11-/m1/s1. The van der Waals surface area contributed by atoms with Crippen molar-refractivity contribution in [3.63, 3.8) is 0 Å². The zero-order chi connectivity index (χ0) is 11.7. The van der Waals surface area contributed by atoms with Crippen LogP contribution >= 0.6 is 0 Å². The summed E-state index contributed by atoms with van der Waals surface area (Å²) in [4.78, 5) is 11.3. The van der Waals surface area contributed by atoms with E-state index >= 15 is 0 Å². The van der Waals surface area contributed by atoms with E-state index in [2.05, 4.69) is 25.2 Å². The van der Waals surface area contributed by atoms with Crippen molar-refractivity contribution in [3.05, 3.63) is 11.6 Å². The Morgan fingerprint density at radius 3 is 2.67 bits per heavy atom. The highest BCUT2D eigenvalue weighted by Crippen LogP contribution is 2.01. The molecule has 0 spiro atoms. The van der Waals surface area contributed by atoms with Crippen LogP contribution in [-0.4, -0.2) is 25.7 Å². The van der Waals surface area contributed by atoms with E-state index in [4.69, 9.17) is 4.74 Å². The zero-order valence-electron chi connectivity index (χ0n) is 10.3. The lowest BCUT2D eigenvalue weighted by Crippen LogP contribution is -2.32. The van der Waals surface area contributed by atoms with Crippen LogP contribution in [0.2, 0.25) is 0 Å². The third kappa shape index (κ3) is 9.47. The van der Waals surface area contributed by atoms with Gasteiger partial charge in [0.15, 0.2) is 0 Å². The average molecular weight is 213 g/mol. The van der Waals surface area contributed by atoms with E-state index in [0.29, 0.717) is 13.0 Å². The number of carbonyl (C=O) groups excluding carboxylic acids is 1. The Labute approximate surface area is 92.9 Å². The Kier molecular flexibility index (Phi) is 8.01. The van der Waals surface area contributed by atoms with Crippen molar-refractivity contribution in [2.45, 2.75) is 46.1 Å². The Morgan fingerprint density at radius 1 is 1.47 bits per heavy atom. The van der Waals surface area contributed by atoms with Gasteiger partial charge in [-0.15, -0.1) is 0 Å². The van der Waals surface area contributed by atoms with Gasteiger partial charge in [0, 0.05) is 19.6 Å². The number of rotatable bonds is 7. The van der Waals surface area contributed by atoms with E-state index in [0.717, 1.165) is 12.8 Å². The van der Waals surface area contributed by atoms with E-state index in [-0.39, 0.29) is 11.9 Å². The van der Waals surface area contributed by atoms with Crippen molar-refractivity contribution in [2.75, 3.05) is 13.7 Å². The van der Waals surface area contributed by atoms with Gasteiger partial charge in [-0.1, -0.05) is 11.6 Å². The largest absolute Gasteiger partial charge is 0.384 e. The molecule has 0 rings (SSSR count). The molecule has 0 unspecified atom stereocenters. The van der Waals surface area contributed by atoms with E-state index in [1.807, 2.05) is 6.92 Å². The topological polar surface area (TPSA) is 38.3 Å². The fourth-order valence-electron chi connectivity index (χ4n) is 1.24.